The van der Waals surface area contributed by atoms with Gasteiger partial charge in [-0.2, -0.15) is 0 Å². The highest BCUT2D eigenvalue weighted by Crippen LogP contribution is 2.33. The number of carbonyl (C=O) groups is 2. The first-order valence-corrected chi connectivity index (χ1v) is 10.2. The second kappa shape index (κ2) is 7.89. The lowest BCUT2D eigenvalue weighted by atomic mass is 9.99. The molecule has 6 nitrogen and oxygen atoms in total. The number of urea groups is 1. The highest BCUT2D eigenvalue weighted by molar-refractivity contribution is 5.85. The molecule has 1 atom stereocenters. The highest BCUT2D eigenvalue weighted by atomic mass is 19.1. The predicted octanol–water partition coefficient (Wildman–Crippen LogP) is 3.14. The zero-order chi connectivity index (χ0) is 20.5. The molecule has 1 aromatic heterocycles. The number of hydrogen-bond acceptors (Lipinski definition) is 2. The van der Waals surface area contributed by atoms with E-state index < -0.39 is 0 Å². The van der Waals surface area contributed by atoms with Gasteiger partial charge in [-0.3, -0.25) is 4.79 Å². The third-order valence-corrected chi connectivity index (χ3v) is 5.49. The summed E-state index contributed by atoms with van der Waals surface area (Å²) in [6.07, 6.45) is 3.83. The summed E-state index contributed by atoms with van der Waals surface area (Å²) in [4.78, 5) is 29.4. The van der Waals surface area contributed by atoms with E-state index in [1.54, 1.807) is 15.9 Å². The number of amides is 3. The van der Waals surface area contributed by atoms with Gasteiger partial charge in [-0.1, -0.05) is 12.1 Å². The maximum atomic E-state index is 13.9. The van der Waals surface area contributed by atoms with Gasteiger partial charge < -0.3 is 19.7 Å². The number of hydrogen-bond donors (Lipinski definition) is 1. The fraction of sp³-hybridized carbons (Fsp3) is 0.455. The summed E-state index contributed by atoms with van der Waals surface area (Å²) in [6.45, 7) is 5.05. The summed E-state index contributed by atoms with van der Waals surface area (Å²) < 4.78 is 16.0. The molecule has 154 valence electrons. The Hall–Kier alpha value is -2.83. The van der Waals surface area contributed by atoms with E-state index in [2.05, 4.69) is 9.88 Å². The molecule has 29 heavy (non-hydrogen) atoms. The van der Waals surface area contributed by atoms with Crippen LogP contribution in [0.15, 0.2) is 42.6 Å². The fourth-order valence-corrected chi connectivity index (χ4v) is 4.00. The SMILES string of the molecule is CC(C)NC(=O)N(CC(=O)N1CCn2cccc2[C@H]1c1cccc(F)c1)C1CC1. The van der Waals surface area contributed by atoms with Crippen LogP contribution in [0.4, 0.5) is 9.18 Å². The lowest BCUT2D eigenvalue weighted by molar-refractivity contribution is -0.134. The van der Waals surface area contributed by atoms with E-state index in [0.717, 1.165) is 24.1 Å². The molecule has 3 amide bonds. The molecule has 0 spiro atoms. The molecular formula is C22H27FN4O2. The number of fused-ring (bicyclic) bond motifs is 1. The molecule has 0 bridgehead atoms. The molecule has 2 aromatic rings. The van der Waals surface area contributed by atoms with Crippen LogP contribution >= 0.6 is 0 Å². The van der Waals surface area contributed by atoms with Crippen molar-refractivity contribution in [2.24, 2.45) is 0 Å². The van der Waals surface area contributed by atoms with Crippen molar-refractivity contribution in [2.45, 2.75) is 51.4 Å². The van der Waals surface area contributed by atoms with E-state index in [1.807, 2.05) is 38.2 Å². The largest absolute Gasteiger partial charge is 0.348 e. The Morgan fingerprint density at radius 3 is 2.69 bits per heavy atom. The quantitative estimate of drug-likeness (QED) is 0.841. The molecule has 2 heterocycles. The Balaban J connectivity index is 1.60. The molecule has 0 radical (unpaired) electrons. The number of benzene rings is 1. The van der Waals surface area contributed by atoms with Crippen molar-refractivity contribution in [1.29, 1.82) is 0 Å². The predicted molar refractivity (Wildman–Crippen MR) is 108 cm³/mol. The van der Waals surface area contributed by atoms with Crippen LogP contribution in [0.1, 0.15) is 44.0 Å². The van der Waals surface area contributed by atoms with Crippen molar-refractivity contribution in [2.75, 3.05) is 13.1 Å². The average molecular weight is 398 g/mol. The van der Waals surface area contributed by atoms with Gasteiger partial charge in [-0.25, -0.2) is 9.18 Å². The Morgan fingerprint density at radius 2 is 2.00 bits per heavy atom. The van der Waals surface area contributed by atoms with Gasteiger partial charge >= 0.3 is 6.03 Å². The van der Waals surface area contributed by atoms with E-state index in [-0.39, 0.29) is 42.4 Å². The summed E-state index contributed by atoms with van der Waals surface area (Å²) in [5, 5.41) is 2.90. The van der Waals surface area contributed by atoms with Gasteiger partial charge in [0, 0.05) is 37.1 Å². The van der Waals surface area contributed by atoms with E-state index in [9.17, 15) is 14.0 Å². The topological polar surface area (TPSA) is 57.6 Å². The summed E-state index contributed by atoms with van der Waals surface area (Å²) in [7, 11) is 0. The van der Waals surface area contributed by atoms with Crippen LogP contribution in [0.2, 0.25) is 0 Å². The van der Waals surface area contributed by atoms with E-state index in [1.165, 1.54) is 12.1 Å². The first-order chi connectivity index (χ1) is 13.9. The smallest absolute Gasteiger partial charge is 0.318 e. The van der Waals surface area contributed by atoms with Crippen molar-refractivity contribution < 1.29 is 14.0 Å². The van der Waals surface area contributed by atoms with E-state index in [4.69, 9.17) is 0 Å². The molecule has 1 aromatic carbocycles. The zero-order valence-electron chi connectivity index (χ0n) is 16.8. The Labute approximate surface area is 170 Å². The van der Waals surface area contributed by atoms with Gasteiger partial charge in [0.1, 0.15) is 12.4 Å². The van der Waals surface area contributed by atoms with Gasteiger partial charge in [0.25, 0.3) is 0 Å². The zero-order valence-corrected chi connectivity index (χ0v) is 16.8. The second-order valence-corrected chi connectivity index (χ2v) is 8.13. The summed E-state index contributed by atoms with van der Waals surface area (Å²) in [5.74, 6) is -0.438. The molecule has 1 aliphatic heterocycles. The van der Waals surface area contributed by atoms with Crippen molar-refractivity contribution in [3.63, 3.8) is 0 Å². The van der Waals surface area contributed by atoms with Crippen LogP contribution in [-0.2, 0) is 11.3 Å². The van der Waals surface area contributed by atoms with Gasteiger partial charge in [0.05, 0.1) is 6.04 Å². The number of nitrogens with zero attached hydrogens (tertiary/aromatic N) is 3. The third kappa shape index (κ3) is 4.13. The van der Waals surface area contributed by atoms with Crippen LogP contribution in [-0.4, -0.2) is 51.5 Å². The Kier molecular flexibility index (Phi) is 5.30. The Morgan fingerprint density at radius 1 is 1.21 bits per heavy atom. The van der Waals surface area contributed by atoms with Crippen molar-refractivity contribution >= 4 is 11.9 Å². The third-order valence-electron chi connectivity index (χ3n) is 5.49. The lowest BCUT2D eigenvalue weighted by Crippen LogP contribution is -2.51. The van der Waals surface area contributed by atoms with Gasteiger partial charge in [-0.05, 0) is 56.5 Å². The maximum Gasteiger partial charge on any atom is 0.318 e. The number of nitrogens with one attached hydrogen (secondary N) is 1. The summed E-state index contributed by atoms with van der Waals surface area (Å²) >= 11 is 0. The fourth-order valence-electron chi connectivity index (χ4n) is 4.00. The van der Waals surface area contributed by atoms with E-state index in [0.29, 0.717) is 13.1 Å². The molecular weight excluding hydrogens is 371 g/mol. The lowest BCUT2D eigenvalue weighted by Gasteiger charge is -2.38. The molecule has 7 heteroatoms. The minimum atomic E-state index is -0.365. The first kappa shape index (κ1) is 19.5. The molecule has 1 N–H and O–H groups in total. The summed E-state index contributed by atoms with van der Waals surface area (Å²) in [5.41, 5.74) is 1.70. The van der Waals surface area contributed by atoms with Gasteiger partial charge in [-0.15, -0.1) is 0 Å². The van der Waals surface area contributed by atoms with Crippen LogP contribution in [0, 0.1) is 5.82 Å². The molecule has 0 unspecified atom stereocenters. The van der Waals surface area contributed by atoms with Crippen molar-refractivity contribution in [3.8, 4) is 0 Å². The van der Waals surface area contributed by atoms with Gasteiger partial charge in [0.15, 0.2) is 0 Å². The molecule has 4 rings (SSSR count). The van der Waals surface area contributed by atoms with Crippen LogP contribution in [0.3, 0.4) is 0 Å². The van der Waals surface area contributed by atoms with Gasteiger partial charge in [0.2, 0.25) is 5.91 Å². The molecule has 2 aliphatic rings. The molecule has 1 aliphatic carbocycles. The molecule has 1 fully saturated rings. The number of aromatic nitrogens is 1. The second-order valence-electron chi connectivity index (χ2n) is 8.13. The monoisotopic (exact) mass is 398 g/mol. The van der Waals surface area contributed by atoms with Crippen molar-refractivity contribution in [3.05, 3.63) is 59.7 Å². The average Bonchev–Trinajstić information content (AvgIpc) is 3.40. The summed E-state index contributed by atoms with van der Waals surface area (Å²) in [6, 6.07) is 9.90. The van der Waals surface area contributed by atoms with Crippen LogP contribution in [0.5, 0.6) is 0 Å². The minimum absolute atomic E-state index is 0.0113. The highest BCUT2D eigenvalue weighted by Gasteiger charge is 2.38. The standard InChI is InChI=1S/C22H27FN4O2/c1-15(2)24-22(29)27(18-8-9-18)14-20(28)26-12-11-25-10-4-7-19(25)21(26)16-5-3-6-17(23)13-16/h3-7,10,13,15,18,21H,8-9,11-12,14H2,1-2H3,(H,24,29)/t21-/m1/s1. The minimum Gasteiger partial charge on any atom is -0.348 e. The first-order valence-electron chi connectivity index (χ1n) is 10.2. The van der Waals surface area contributed by atoms with Crippen molar-refractivity contribution in [1.82, 2.24) is 19.7 Å². The Bertz CT molecular complexity index is 906. The normalized spacial score (nSPS) is 18.5. The number of halogens is 1. The number of rotatable bonds is 5. The molecule has 1 saturated carbocycles. The van der Waals surface area contributed by atoms with Crippen LogP contribution in [0.25, 0.3) is 0 Å². The van der Waals surface area contributed by atoms with Crippen LogP contribution < -0.4 is 5.32 Å². The number of carbonyl (C=O) groups excluding carboxylic acids is 2. The maximum absolute atomic E-state index is 13.9. The van der Waals surface area contributed by atoms with E-state index >= 15 is 0 Å². The molecule has 0 saturated heterocycles.